The number of nitrogens with one attached hydrogen (secondary N) is 1. The molecule has 0 aromatic heterocycles. The van der Waals surface area contributed by atoms with Gasteiger partial charge in [0.15, 0.2) is 0 Å². The molecule has 0 heterocycles. The minimum Gasteiger partial charge on any atom is -0.296 e. The molecular formula is C9H5F6N. The maximum Gasteiger partial charge on any atom is 0.433 e. The van der Waals surface area contributed by atoms with Crippen molar-refractivity contribution in [2.24, 2.45) is 0 Å². The van der Waals surface area contributed by atoms with E-state index in [9.17, 15) is 26.3 Å². The van der Waals surface area contributed by atoms with E-state index < -0.39 is 29.2 Å². The molecule has 0 bridgehead atoms. The van der Waals surface area contributed by atoms with Gasteiger partial charge in [-0.15, -0.1) is 0 Å². The molecule has 1 nitrogen and oxygen atoms in total. The number of alkyl halides is 6. The van der Waals surface area contributed by atoms with Gasteiger partial charge in [-0.05, 0) is 12.1 Å². The van der Waals surface area contributed by atoms with Gasteiger partial charge in [-0.25, -0.2) is 0 Å². The summed E-state index contributed by atoms with van der Waals surface area (Å²) in [7, 11) is 0. The molecule has 88 valence electrons. The Bertz CT molecular complexity index is 386. The third kappa shape index (κ3) is 2.74. The van der Waals surface area contributed by atoms with Gasteiger partial charge >= 0.3 is 12.4 Å². The molecule has 0 aliphatic heterocycles. The van der Waals surface area contributed by atoms with E-state index in [0.29, 0.717) is 24.3 Å². The molecule has 1 aromatic rings. The number of rotatable bonds is 1. The van der Waals surface area contributed by atoms with Crippen molar-refractivity contribution in [3.05, 3.63) is 35.4 Å². The van der Waals surface area contributed by atoms with Crippen molar-refractivity contribution in [1.82, 2.24) is 0 Å². The van der Waals surface area contributed by atoms with Gasteiger partial charge in [-0.3, -0.25) is 5.41 Å². The summed E-state index contributed by atoms with van der Waals surface area (Å²) in [5.74, 6) is 0. The van der Waals surface area contributed by atoms with Crippen LogP contribution in [0.4, 0.5) is 26.3 Å². The number of benzene rings is 1. The highest BCUT2D eigenvalue weighted by atomic mass is 19.4. The maximum absolute atomic E-state index is 12.1. The molecule has 0 radical (unpaired) electrons. The fourth-order valence-electron chi connectivity index (χ4n) is 0.990. The minimum absolute atomic E-state index is 0.510. The number of hydrogen-bond acceptors (Lipinski definition) is 1. The van der Waals surface area contributed by atoms with Crippen molar-refractivity contribution < 1.29 is 26.3 Å². The summed E-state index contributed by atoms with van der Waals surface area (Å²) in [6.45, 7) is 0. The van der Waals surface area contributed by atoms with Crippen LogP contribution < -0.4 is 0 Å². The molecule has 1 aromatic carbocycles. The summed E-state index contributed by atoms with van der Waals surface area (Å²) < 4.78 is 72.3. The fourth-order valence-corrected chi connectivity index (χ4v) is 0.990. The Labute approximate surface area is 86.2 Å². The van der Waals surface area contributed by atoms with Crippen LogP contribution >= 0.6 is 0 Å². The molecule has 1 N–H and O–H groups in total. The highest BCUT2D eigenvalue weighted by molar-refractivity contribution is 6.02. The maximum atomic E-state index is 12.1. The largest absolute Gasteiger partial charge is 0.433 e. The lowest BCUT2D eigenvalue weighted by Gasteiger charge is -2.10. The lowest BCUT2D eigenvalue weighted by molar-refractivity contribution is -0.137. The third-order valence-corrected chi connectivity index (χ3v) is 1.78. The Morgan fingerprint density at radius 1 is 0.875 bits per heavy atom. The summed E-state index contributed by atoms with van der Waals surface area (Å²) in [5.41, 5.74) is -3.31. The van der Waals surface area contributed by atoms with Crippen molar-refractivity contribution >= 4 is 5.71 Å². The van der Waals surface area contributed by atoms with Crippen molar-refractivity contribution in [3.63, 3.8) is 0 Å². The van der Waals surface area contributed by atoms with Crippen LogP contribution in [0, 0.1) is 5.41 Å². The lowest BCUT2D eigenvalue weighted by atomic mass is 10.1. The molecule has 0 spiro atoms. The van der Waals surface area contributed by atoms with Crippen molar-refractivity contribution in [3.8, 4) is 0 Å². The lowest BCUT2D eigenvalue weighted by Crippen LogP contribution is -2.22. The predicted octanol–water partition coefficient (Wildman–Crippen LogP) is 3.64. The van der Waals surface area contributed by atoms with E-state index in [-0.39, 0.29) is 0 Å². The molecule has 0 aliphatic carbocycles. The number of halogens is 6. The highest BCUT2D eigenvalue weighted by Gasteiger charge is 2.36. The van der Waals surface area contributed by atoms with Crippen LogP contribution in [0.25, 0.3) is 0 Å². The summed E-state index contributed by atoms with van der Waals surface area (Å²) in [6, 6.07) is 2.27. The zero-order chi connectivity index (χ0) is 12.6. The van der Waals surface area contributed by atoms with Gasteiger partial charge in [0, 0.05) is 5.56 Å². The van der Waals surface area contributed by atoms with Gasteiger partial charge in [0.05, 0.1) is 5.56 Å². The van der Waals surface area contributed by atoms with Crippen LogP contribution in [0.3, 0.4) is 0 Å². The van der Waals surface area contributed by atoms with Gasteiger partial charge in [-0.2, -0.15) is 26.3 Å². The minimum atomic E-state index is -4.86. The van der Waals surface area contributed by atoms with E-state index in [1.54, 1.807) is 0 Å². The first-order valence-corrected chi connectivity index (χ1v) is 3.96. The molecule has 7 heteroatoms. The van der Waals surface area contributed by atoms with Crippen LogP contribution in [0.2, 0.25) is 0 Å². The highest BCUT2D eigenvalue weighted by Crippen LogP contribution is 2.30. The van der Waals surface area contributed by atoms with E-state index in [0.717, 1.165) is 0 Å². The standard InChI is InChI=1S/C9H5F6N/c10-8(11,12)6-3-1-5(2-4-6)7(16)9(13,14)15/h1-4,16H. The summed E-state index contributed by atoms with van der Waals surface area (Å²) in [4.78, 5) is 0. The first kappa shape index (κ1) is 12.5. The monoisotopic (exact) mass is 241 g/mol. The van der Waals surface area contributed by atoms with Gasteiger partial charge in [0.2, 0.25) is 0 Å². The molecule has 1 rings (SSSR count). The molecule has 16 heavy (non-hydrogen) atoms. The Hall–Kier alpha value is -1.53. The summed E-state index contributed by atoms with van der Waals surface area (Å²) >= 11 is 0. The quantitative estimate of drug-likeness (QED) is 0.573. The van der Waals surface area contributed by atoms with E-state index in [2.05, 4.69) is 0 Å². The van der Waals surface area contributed by atoms with Crippen molar-refractivity contribution in [2.45, 2.75) is 12.4 Å². The first-order chi connectivity index (χ1) is 7.12. The van der Waals surface area contributed by atoms with Crippen molar-refractivity contribution in [2.75, 3.05) is 0 Å². The first-order valence-electron chi connectivity index (χ1n) is 3.96. The van der Waals surface area contributed by atoms with E-state index >= 15 is 0 Å². The molecule has 0 fully saturated rings. The molecule has 0 saturated heterocycles. The summed E-state index contributed by atoms with van der Waals surface area (Å²) in [6.07, 6.45) is -9.46. The van der Waals surface area contributed by atoms with Crippen LogP contribution in [-0.2, 0) is 6.18 Å². The van der Waals surface area contributed by atoms with Crippen LogP contribution in [0.1, 0.15) is 11.1 Å². The molecule has 0 atom stereocenters. The zero-order valence-electron chi connectivity index (χ0n) is 7.58. The van der Waals surface area contributed by atoms with E-state index in [4.69, 9.17) is 5.41 Å². The van der Waals surface area contributed by atoms with Gasteiger partial charge < -0.3 is 0 Å². The molecule has 0 aliphatic rings. The second kappa shape index (κ2) is 3.80. The van der Waals surface area contributed by atoms with Crippen LogP contribution in [0.15, 0.2) is 24.3 Å². The Balaban J connectivity index is 3.01. The zero-order valence-corrected chi connectivity index (χ0v) is 7.58. The average Bonchev–Trinajstić information content (AvgIpc) is 2.14. The molecular weight excluding hydrogens is 236 g/mol. The second-order valence-corrected chi connectivity index (χ2v) is 2.95. The van der Waals surface area contributed by atoms with E-state index in [1.807, 2.05) is 0 Å². The molecule has 0 unspecified atom stereocenters. The fraction of sp³-hybridized carbons (Fsp3) is 0.222. The van der Waals surface area contributed by atoms with Gasteiger partial charge in [0.25, 0.3) is 0 Å². The normalized spacial score (nSPS) is 12.6. The van der Waals surface area contributed by atoms with E-state index in [1.165, 1.54) is 0 Å². The van der Waals surface area contributed by atoms with Gasteiger partial charge in [0.1, 0.15) is 5.71 Å². The van der Waals surface area contributed by atoms with Crippen LogP contribution in [-0.4, -0.2) is 11.9 Å². The topological polar surface area (TPSA) is 23.9 Å². The Morgan fingerprint density at radius 2 is 1.31 bits per heavy atom. The SMILES string of the molecule is N=C(c1ccc(C(F)(F)F)cc1)C(F)(F)F. The Kier molecular flexibility index (Phi) is 2.98. The second-order valence-electron chi connectivity index (χ2n) is 2.95. The molecule has 0 amide bonds. The van der Waals surface area contributed by atoms with Crippen LogP contribution in [0.5, 0.6) is 0 Å². The average molecular weight is 241 g/mol. The molecule has 0 saturated carbocycles. The number of hydrogen-bond donors (Lipinski definition) is 1. The predicted molar refractivity (Wildman–Crippen MR) is 44.3 cm³/mol. The third-order valence-electron chi connectivity index (χ3n) is 1.78. The van der Waals surface area contributed by atoms with Crippen molar-refractivity contribution in [1.29, 1.82) is 5.41 Å². The summed E-state index contributed by atoms with van der Waals surface area (Å²) in [5, 5.41) is 6.70. The Morgan fingerprint density at radius 3 is 1.62 bits per heavy atom. The smallest absolute Gasteiger partial charge is 0.296 e. The van der Waals surface area contributed by atoms with Gasteiger partial charge in [-0.1, -0.05) is 12.1 Å².